The van der Waals surface area contributed by atoms with Crippen LogP contribution < -0.4 is 4.74 Å². The van der Waals surface area contributed by atoms with Crippen LogP contribution in [0.4, 0.5) is 0 Å². The fourth-order valence-corrected chi connectivity index (χ4v) is 2.17. The number of phenols is 1. The Hall–Kier alpha value is -2.49. The van der Waals surface area contributed by atoms with Gasteiger partial charge in [0.1, 0.15) is 17.2 Å². The van der Waals surface area contributed by atoms with Crippen LogP contribution in [0.5, 0.6) is 17.2 Å². The Morgan fingerprint density at radius 2 is 1.76 bits per heavy atom. The van der Waals surface area contributed by atoms with Gasteiger partial charge in [0, 0.05) is 6.42 Å². The Bertz CT molecular complexity index is 645. The van der Waals surface area contributed by atoms with E-state index in [9.17, 15) is 9.90 Å². The molecule has 2 N–H and O–H groups in total. The molecule has 2 aromatic rings. The molecule has 0 aliphatic rings. The van der Waals surface area contributed by atoms with Gasteiger partial charge in [0.25, 0.3) is 0 Å². The van der Waals surface area contributed by atoms with Gasteiger partial charge in [-0.3, -0.25) is 4.79 Å². The summed E-state index contributed by atoms with van der Waals surface area (Å²) in [5.74, 6) is 0.750. The van der Waals surface area contributed by atoms with E-state index in [1.807, 2.05) is 26.0 Å². The molecule has 2 aromatic carbocycles. The van der Waals surface area contributed by atoms with Crippen LogP contribution in [-0.2, 0) is 11.2 Å². The summed E-state index contributed by atoms with van der Waals surface area (Å²) < 4.78 is 5.88. The van der Waals surface area contributed by atoms with Crippen molar-refractivity contribution < 1.29 is 19.7 Å². The summed E-state index contributed by atoms with van der Waals surface area (Å²) in [6, 6.07) is 10.4. The smallest absolute Gasteiger partial charge is 0.303 e. The van der Waals surface area contributed by atoms with Gasteiger partial charge < -0.3 is 14.9 Å². The second-order valence-electron chi connectivity index (χ2n) is 4.99. The van der Waals surface area contributed by atoms with Crippen molar-refractivity contribution in [1.82, 2.24) is 0 Å². The Labute approximate surface area is 123 Å². The molecule has 0 bridgehead atoms. The maximum absolute atomic E-state index is 10.7. The molecular weight excluding hydrogens is 268 g/mol. The first-order chi connectivity index (χ1) is 9.97. The second-order valence-corrected chi connectivity index (χ2v) is 4.99. The third kappa shape index (κ3) is 3.75. The number of carboxylic acids is 1. The van der Waals surface area contributed by atoms with Gasteiger partial charge in [-0.25, -0.2) is 0 Å². The van der Waals surface area contributed by atoms with Gasteiger partial charge in [-0.1, -0.05) is 12.1 Å². The van der Waals surface area contributed by atoms with E-state index >= 15 is 0 Å². The lowest BCUT2D eigenvalue weighted by molar-refractivity contribution is -0.136. The number of aromatic hydroxyl groups is 1. The van der Waals surface area contributed by atoms with Crippen molar-refractivity contribution in [3.63, 3.8) is 0 Å². The number of ether oxygens (including phenoxy) is 1. The molecule has 0 aromatic heterocycles. The summed E-state index contributed by atoms with van der Waals surface area (Å²) in [5.41, 5.74) is 2.90. The minimum Gasteiger partial charge on any atom is -0.508 e. The molecule has 4 heteroatoms. The maximum atomic E-state index is 10.7. The summed E-state index contributed by atoms with van der Waals surface area (Å²) in [7, 11) is 0. The largest absolute Gasteiger partial charge is 0.508 e. The Balaban J connectivity index is 2.27. The first kappa shape index (κ1) is 14.9. The van der Waals surface area contributed by atoms with E-state index in [-0.39, 0.29) is 12.2 Å². The Kier molecular flexibility index (Phi) is 4.48. The van der Waals surface area contributed by atoms with E-state index in [2.05, 4.69) is 0 Å². The number of benzene rings is 2. The molecule has 0 aliphatic carbocycles. The molecule has 0 atom stereocenters. The minimum absolute atomic E-state index is 0.0998. The van der Waals surface area contributed by atoms with Crippen LogP contribution >= 0.6 is 0 Å². The zero-order chi connectivity index (χ0) is 15.4. The molecule has 0 saturated carbocycles. The SMILES string of the molecule is Cc1ccc(CCC(=O)O)c(C)c1Oc1ccc(O)cc1. The lowest BCUT2D eigenvalue weighted by Gasteiger charge is -2.15. The number of carbonyl (C=O) groups is 1. The molecule has 110 valence electrons. The van der Waals surface area contributed by atoms with Crippen molar-refractivity contribution in [2.75, 3.05) is 0 Å². The number of rotatable bonds is 5. The van der Waals surface area contributed by atoms with E-state index in [4.69, 9.17) is 9.84 Å². The fraction of sp³-hybridized carbons (Fsp3) is 0.235. The summed E-state index contributed by atoms with van der Waals surface area (Å²) in [6.45, 7) is 3.88. The van der Waals surface area contributed by atoms with E-state index < -0.39 is 5.97 Å². The van der Waals surface area contributed by atoms with Crippen LogP contribution in [-0.4, -0.2) is 16.2 Å². The molecule has 0 spiro atoms. The summed E-state index contributed by atoms with van der Waals surface area (Å²) in [6.07, 6.45) is 0.579. The zero-order valence-corrected chi connectivity index (χ0v) is 12.1. The predicted octanol–water partition coefficient (Wildman–Crippen LogP) is 3.82. The number of aryl methyl sites for hydroxylation is 2. The van der Waals surface area contributed by atoms with Crippen LogP contribution in [0.3, 0.4) is 0 Å². The van der Waals surface area contributed by atoms with Crippen LogP contribution in [0, 0.1) is 13.8 Å². The van der Waals surface area contributed by atoms with Gasteiger partial charge in [-0.05, 0) is 61.2 Å². The van der Waals surface area contributed by atoms with Gasteiger partial charge in [-0.15, -0.1) is 0 Å². The van der Waals surface area contributed by atoms with E-state index in [0.29, 0.717) is 12.2 Å². The molecule has 0 aliphatic heterocycles. The second kappa shape index (κ2) is 6.31. The average molecular weight is 286 g/mol. The minimum atomic E-state index is -0.809. The summed E-state index contributed by atoms with van der Waals surface area (Å²) in [5, 5.41) is 18.1. The van der Waals surface area contributed by atoms with Crippen LogP contribution in [0.2, 0.25) is 0 Å². The highest BCUT2D eigenvalue weighted by molar-refractivity contribution is 5.67. The average Bonchev–Trinajstić information content (AvgIpc) is 2.44. The Morgan fingerprint density at radius 1 is 1.10 bits per heavy atom. The Morgan fingerprint density at radius 3 is 2.38 bits per heavy atom. The lowest BCUT2D eigenvalue weighted by atomic mass is 10.00. The number of carboxylic acid groups (broad SMARTS) is 1. The number of aliphatic carboxylic acids is 1. The normalized spacial score (nSPS) is 10.4. The number of hydrogen-bond acceptors (Lipinski definition) is 3. The first-order valence-corrected chi connectivity index (χ1v) is 6.75. The third-order valence-electron chi connectivity index (χ3n) is 3.38. The molecule has 0 saturated heterocycles. The number of phenolic OH excluding ortho intramolecular Hbond substituents is 1. The van der Waals surface area contributed by atoms with Crippen molar-refractivity contribution in [1.29, 1.82) is 0 Å². The van der Waals surface area contributed by atoms with Gasteiger partial charge in [0.15, 0.2) is 0 Å². The lowest BCUT2D eigenvalue weighted by Crippen LogP contribution is -2.01. The monoisotopic (exact) mass is 286 g/mol. The summed E-state index contributed by atoms with van der Waals surface area (Å²) in [4.78, 5) is 10.7. The highest BCUT2D eigenvalue weighted by atomic mass is 16.5. The van der Waals surface area contributed by atoms with E-state index in [1.165, 1.54) is 0 Å². The molecule has 0 fully saturated rings. The molecule has 21 heavy (non-hydrogen) atoms. The van der Waals surface area contributed by atoms with E-state index in [1.54, 1.807) is 24.3 Å². The van der Waals surface area contributed by atoms with Gasteiger partial charge in [-0.2, -0.15) is 0 Å². The predicted molar refractivity (Wildman–Crippen MR) is 80.1 cm³/mol. The van der Waals surface area contributed by atoms with Crippen molar-refractivity contribution in [3.8, 4) is 17.2 Å². The number of hydrogen-bond donors (Lipinski definition) is 2. The van der Waals surface area contributed by atoms with Gasteiger partial charge >= 0.3 is 5.97 Å². The highest BCUT2D eigenvalue weighted by Gasteiger charge is 2.11. The molecular formula is C17H18O4. The van der Waals surface area contributed by atoms with Crippen molar-refractivity contribution >= 4 is 5.97 Å². The molecule has 2 rings (SSSR count). The molecule has 0 heterocycles. The fourth-order valence-electron chi connectivity index (χ4n) is 2.17. The van der Waals surface area contributed by atoms with Crippen molar-refractivity contribution in [3.05, 3.63) is 53.1 Å². The van der Waals surface area contributed by atoms with Crippen LogP contribution in [0.1, 0.15) is 23.1 Å². The van der Waals surface area contributed by atoms with Crippen molar-refractivity contribution in [2.24, 2.45) is 0 Å². The van der Waals surface area contributed by atoms with Crippen LogP contribution in [0.25, 0.3) is 0 Å². The maximum Gasteiger partial charge on any atom is 0.303 e. The van der Waals surface area contributed by atoms with Gasteiger partial charge in [0.05, 0.1) is 0 Å². The molecule has 0 amide bonds. The zero-order valence-electron chi connectivity index (χ0n) is 12.1. The van der Waals surface area contributed by atoms with Gasteiger partial charge in [0.2, 0.25) is 0 Å². The highest BCUT2D eigenvalue weighted by Crippen LogP contribution is 2.32. The van der Waals surface area contributed by atoms with Crippen LogP contribution in [0.15, 0.2) is 36.4 Å². The molecule has 0 radical (unpaired) electrons. The molecule has 4 nitrogen and oxygen atoms in total. The molecule has 0 unspecified atom stereocenters. The summed E-state index contributed by atoms with van der Waals surface area (Å²) >= 11 is 0. The van der Waals surface area contributed by atoms with E-state index in [0.717, 1.165) is 22.4 Å². The van der Waals surface area contributed by atoms with Crippen molar-refractivity contribution in [2.45, 2.75) is 26.7 Å². The first-order valence-electron chi connectivity index (χ1n) is 6.75. The topological polar surface area (TPSA) is 66.8 Å². The standard InChI is InChI=1S/C17H18O4/c1-11-3-4-13(5-10-16(19)20)12(2)17(11)21-15-8-6-14(18)7-9-15/h3-4,6-9,18H,5,10H2,1-2H3,(H,19,20). The quantitative estimate of drug-likeness (QED) is 0.877. The third-order valence-corrected chi connectivity index (χ3v) is 3.38.